The largest absolute Gasteiger partial charge is 0.352 e. The van der Waals surface area contributed by atoms with E-state index in [4.69, 9.17) is 0 Å². The van der Waals surface area contributed by atoms with Gasteiger partial charge in [-0.15, -0.1) is 0 Å². The van der Waals surface area contributed by atoms with Crippen molar-refractivity contribution in [2.45, 2.75) is 83.8 Å². The van der Waals surface area contributed by atoms with Crippen molar-refractivity contribution in [2.75, 3.05) is 17.1 Å². The molecular formula is C29H40FN3O4S. The lowest BCUT2D eigenvalue weighted by Gasteiger charge is -2.34. The predicted octanol–water partition coefficient (Wildman–Crippen LogP) is 4.97. The molecule has 38 heavy (non-hydrogen) atoms. The van der Waals surface area contributed by atoms with Crippen LogP contribution in [0.5, 0.6) is 0 Å². The first-order valence-corrected chi connectivity index (χ1v) is 15.3. The Balaban J connectivity index is 1.95. The van der Waals surface area contributed by atoms with Crippen LogP contribution in [0.15, 0.2) is 48.5 Å². The smallest absolute Gasteiger partial charge is 0.244 e. The van der Waals surface area contributed by atoms with Crippen LogP contribution in [-0.2, 0) is 26.2 Å². The van der Waals surface area contributed by atoms with Crippen molar-refractivity contribution >= 4 is 27.5 Å². The molecule has 3 rings (SSSR count). The number of para-hydroxylation sites is 1. The van der Waals surface area contributed by atoms with Gasteiger partial charge in [-0.1, -0.05) is 70.4 Å². The zero-order valence-electron chi connectivity index (χ0n) is 22.8. The first-order chi connectivity index (χ1) is 18.0. The maximum absolute atomic E-state index is 13.9. The van der Waals surface area contributed by atoms with Gasteiger partial charge in [0.05, 0.1) is 11.9 Å². The third-order valence-electron chi connectivity index (χ3n) is 7.11. The van der Waals surface area contributed by atoms with Crippen LogP contribution in [-0.4, -0.2) is 50.0 Å². The fourth-order valence-corrected chi connectivity index (χ4v) is 5.92. The number of nitrogens with one attached hydrogen (secondary N) is 1. The zero-order valence-corrected chi connectivity index (χ0v) is 23.6. The number of rotatable bonds is 11. The number of carbonyl (C=O) groups excluding carboxylic acids is 2. The molecule has 0 radical (unpaired) electrons. The minimum Gasteiger partial charge on any atom is -0.352 e. The van der Waals surface area contributed by atoms with Crippen LogP contribution in [0.1, 0.15) is 76.3 Å². The van der Waals surface area contributed by atoms with Gasteiger partial charge in [0.1, 0.15) is 18.4 Å². The molecule has 1 aliphatic rings. The number of anilines is 1. The average molecular weight is 546 g/mol. The highest BCUT2D eigenvalue weighted by molar-refractivity contribution is 7.92. The van der Waals surface area contributed by atoms with Crippen LogP contribution in [0, 0.1) is 5.82 Å². The highest BCUT2D eigenvalue weighted by Crippen LogP contribution is 2.29. The van der Waals surface area contributed by atoms with Crippen LogP contribution in [0.4, 0.5) is 10.1 Å². The van der Waals surface area contributed by atoms with Crippen LogP contribution in [0.2, 0.25) is 0 Å². The van der Waals surface area contributed by atoms with Crippen LogP contribution in [0.25, 0.3) is 0 Å². The summed E-state index contributed by atoms with van der Waals surface area (Å²) in [6.45, 7) is 5.36. The maximum atomic E-state index is 13.9. The molecule has 0 aromatic heterocycles. The summed E-state index contributed by atoms with van der Waals surface area (Å²) in [4.78, 5) is 28.8. The van der Waals surface area contributed by atoms with Gasteiger partial charge < -0.3 is 10.2 Å². The first kappa shape index (κ1) is 29.6. The molecule has 7 nitrogen and oxygen atoms in total. The van der Waals surface area contributed by atoms with Crippen molar-refractivity contribution in [1.82, 2.24) is 10.2 Å². The summed E-state index contributed by atoms with van der Waals surface area (Å²) in [5.41, 5.74) is 1.90. The molecule has 0 aliphatic heterocycles. The lowest BCUT2D eigenvalue weighted by Crippen LogP contribution is -2.54. The fraction of sp³-hybridized carbons (Fsp3) is 0.517. The molecule has 1 N–H and O–H groups in total. The van der Waals surface area contributed by atoms with E-state index in [0.717, 1.165) is 48.2 Å². The molecular weight excluding hydrogens is 505 g/mol. The number of hydrogen-bond donors (Lipinski definition) is 1. The standard InChI is InChI=1S/C29H40FN3O4S/c1-5-26(29(35)31-24-11-7-6-8-12-24)32(19-22-15-17-23(30)18-16-22)28(34)20-33(38(4,36)37)27-14-10-9-13-25(27)21(2)3/h9-10,13-18,21,24,26H,5-8,11-12,19-20H2,1-4H3,(H,31,35)/t26-/m1/s1. The molecule has 1 fully saturated rings. The van der Waals surface area contributed by atoms with E-state index >= 15 is 0 Å². The Morgan fingerprint density at radius 2 is 1.66 bits per heavy atom. The monoisotopic (exact) mass is 545 g/mol. The van der Waals surface area contributed by atoms with Gasteiger partial charge in [-0.2, -0.15) is 0 Å². The van der Waals surface area contributed by atoms with Crippen LogP contribution < -0.4 is 9.62 Å². The molecule has 1 aliphatic carbocycles. The number of benzene rings is 2. The highest BCUT2D eigenvalue weighted by Gasteiger charge is 2.33. The van der Waals surface area contributed by atoms with Crippen molar-refractivity contribution in [2.24, 2.45) is 0 Å². The minimum atomic E-state index is -3.82. The maximum Gasteiger partial charge on any atom is 0.244 e. The Bertz CT molecular complexity index is 1190. The molecule has 2 aromatic carbocycles. The molecule has 2 aromatic rings. The first-order valence-electron chi connectivity index (χ1n) is 13.4. The molecule has 208 valence electrons. The lowest BCUT2D eigenvalue weighted by atomic mass is 9.95. The van der Waals surface area contributed by atoms with Crippen LogP contribution in [0.3, 0.4) is 0 Å². The third-order valence-corrected chi connectivity index (χ3v) is 8.24. The molecule has 0 saturated heterocycles. The number of carbonyl (C=O) groups is 2. The molecule has 1 saturated carbocycles. The summed E-state index contributed by atoms with van der Waals surface area (Å²) in [5, 5.41) is 3.11. The van der Waals surface area contributed by atoms with Gasteiger partial charge in [0.2, 0.25) is 21.8 Å². The summed E-state index contributed by atoms with van der Waals surface area (Å²) in [6, 6.07) is 12.2. The summed E-state index contributed by atoms with van der Waals surface area (Å²) in [6.07, 6.45) is 6.50. The highest BCUT2D eigenvalue weighted by atomic mass is 32.2. The van der Waals surface area contributed by atoms with E-state index in [1.165, 1.54) is 17.0 Å². The summed E-state index contributed by atoms with van der Waals surface area (Å²) >= 11 is 0. The number of halogens is 1. The Kier molecular flexibility index (Phi) is 10.3. The number of amides is 2. The topological polar surface area (TPSA) is 86.8 Å². The molecule has 0 bridgehead atoms. The Labute approximate surface area is 226 Å². The number of sulfonamides is 1. The van der Waals surface area contributed by atoms with E-state index in [9.17, 15) is 22.4 Å². The van der Waals surface area contributed by atoms with E-state index in [0.29, 0.717) is 17.7 Å². The van der Waals surface area contributed by atoms with Crippen molar-refractivity contribution in [3.8, 4) is 0 Å². The van der Waals surface area contributed by atoms with Crippen molar-refractivity contribution < 1.29 is 22.4 Å². The number of hydrogen-bond acceptors (Lipinski definition) is 4. The Morgan fingerprint density at radius 3 is 2.24 bits per heavy atom. The second-order valence-corrected chi connectivity index (χ2v) is 12.3. The van der Waals surface area contributed by atoms with Crippen molar-refractivity contribution in [3.63, 3.8) is 0 Å². The molecule has 2 amide bonds. The van der Waals surface area contributed by atoms with Gasteiger partial charge in [-0.05, 0) is 54.5 Å². The van der Waals surface area contributed by atoms with E-state index < -0.39 is 34.3 Å². The SMILES string of the molecule is CC[C@H](C(=O)NC1CCCCC1)N(Cc1ccc(F)cc1)C(=O)CN(c1ccccc1C(C)C)S(C)(=O)=O. The van der Waals surface area contributed by atoms with Gasteiger partial charge in [-0.25, -0.2) is 12.8 Å². The third kappa shape index (κ3) is 7.79. The van der Waals surface area contributed by atoms with E-state index in [1.807, 2.05) is 32.9 Å². The zero-order chi connectivity index (χ0) is 27.9. The Hall–Kier alpha value is -2.94. The minimum absolute atomic E-state index is 0.0329. The van der Waals surface area contributed by atoms with Gasteiger partial charge in [0.15, 0.2) is 0 Å². The average Bonchev–Trinajstić information content (AvgIpc) is 2.88. The second-order valence-electron chi connectivity index (χ2n) is 10.4. The van der Waals surface area contributed by atoms with Gasteiger partial charge in [0.25, 0.3) is 0 Å². The van der Waals surface area contributed by atoms with E-state index in [2.05, 4.69) is 5.32 Å². The van der Waals surface area contributed by atoms with Gasteiger partial charge in [-0.3, -0.25) is 13.9 Å². The normalized spacial score (nSPS) is 15.2. The fourth-order valence-electron chi connectivity index (χ4n) is 5.05. The molecule has 0 spiro atoms. The summed E-state index contributed by atoms with van der Waals surface area (Å²) in [7, 11) is -3.82. The molecule has 0 heterocycles. The quantitative estimate of drug-likeness (QED) is 0.432. The second kappa shape index (κ2) is 13.2. The predicted molar refractivity (Wildman–Crippen MR) is 149 cm³/mol. The van der Waals surface area contributed by atoms with Gasteiger partial charge in [0, 0.05) is 12.6 Å². The van der Waals surface area contributed by atoms with Crippen molar-refractivity contribution in [1.29, 1.82) is 0 Å². The van der Waals surface area contributed by atoms with E-state index in [-0.39, 0.29) is 24.4 Å². The molecule has 0 unspecified atom stereocenters. The van der Waals surface area contributed by atoms with E-state index in [1.54, 1.807) is 24.3 Å². The lowest BCUT2D eigenvalue weighted by molar-refractivity contribution is -0.140. The van der Waals surface area contributed by atoms with Crippen molar-refractivity contribution in [3.05, 3.63) is 65.5 Å². The number of nitrogens with zero attached hydrogens (tertiary/aromatic N) is 2. The molecule has 1 atom stereocenters. The summed E-state index contributed by atoms with van der Waals surface area (Å²) < 4.78 is 40.6. The van der Waals surface area contributed by atoms with Crippen LogP contribution >= 0.6 is 0 Å². The summed E-state index contributed by atoms with van der Waals surface area (Å²) in [5.74, 6) is -1.11. The van der Waals surface area contributed by atoms with Gasteiger partial charge >= 0.3 is 0 Å². The molecule has 9 heteroatoms. The Morgan fingerprint density at radius 1 is 1.03 bits per heavy atom.